The number of anilines is 2. The van der Waals surface area contributed by atoms with E-state index in [0.717, 1.165) is 24.4 Å². The molecule has 3 heterocycles. The SMILES string of the molecule is CC(C)[C@H]1CN(C)C(=O)N1c1ccnc(NC2(c3ncn(-c4cccc(C5CC5)c4)n3)CC2)n1. The minimum absolute atomic E-state index is 0.0293. The third-order valence-electron chi connectivity index (χ3n) is 7.19. The van der Waals surface area contributed by atoms with Crippen LogP contribution in [-0.4, -0.2) is 55.3 Å². The number of amides is 2. The number of hydrogen-bond acceptors (Lipinski definition) is 6. The molecule has 176 valence electrons. The van der Waals surface area contributed by atoms with Crippen molar-refractivity contribution in [1.82, 2.24) is 29.6 Å². The summed E-state index contributed by atoms with van der Waals surface area (Å²) in [5.41, 5.74) is 2.04. The van der Waals surface area contributed by atoms with Crippen molar-refractivity contribution >= 4 is 17.8 Å². The largest absolute Gasteiger partial charge is 0.341 e. The van der Waals surface area contributed by atoms with E-state index in [0.29, 0.717) is 30.1 Å². The summed E-state index contributed by atoms with van der Waals surface area (Å²) >= 11 is 0. The first-order chi connectivity index (χ1) is 16.4. The number of carbonyl (C=O) groups is 1. The first-order valence-electron chi connectivity index (χ1n) is 12.1. The van der Waals surface area contributed by atoms with Crippen LogP contribution in [0, 0.1) is 5.92 Å². The van der Waals surface area contributed by atoms with Gasteiger partial charge in [0.15, 0.2) is 5.82 Å². The third kappa shape index (κ3) is 3.69. The second kappa shape index (κ2) is 7.78. The zero-order valence-corrected chi connectivity index (χ0v) is 19.8. The van der Waals surface area contributed by atoms with E-state index < -0.39 is 0 Å². The first-order valence-corrected chi connectivity index (χ1v) is 12.1. The second-order valence-corrected chi connectivity index (χ2v) is 10.2. The maximum absolute atomic E-state index is 12.8. The zero-order chi connectivity index (χ0) is 23.4. The van der Waals surface area contributed by atoms with Crippen molar-refractivity contribution in [3.63, 3.8) is 0 Å². The van der Waals surface area contributed by atoms with E-state index in [-0.39, 0.29) is 17.6 Å². The lowest BCUT2D eigenvalue weighted by Crippen LogP contribution is -2.38. The maximum Gasteiger partial charge on any atom is 0.325 e. The lowest BCUT2D eigenvalue weighted by Gasteiger charge is -2.25. The van der Waals surface area contributed by atoms with Gasteiger partial charge in [-0.2, -0.15) is 4.98 Å². The average Bonchev–Trinajstić information content (AvgIpc) is 3.75. The molecule has 0 radical (unpaired) electrons. The number of urea groups is 1. The molecular formula is C25H30N8O. The molecule has 34 heavy (non-hydrogen) atoms. The van der Waals surface area contributed by atoms with E-state index in [2.05, 4.69) is 53.4 Å². The molecule has 0 unspecified atom stereocenters. The molecule has 0 bridgehead atoms. The van der Waals surface area contributed by atoms with Gasteiger partial charge in [-0.15, -0.1) is 5.10 Å². The van der Waals surface area contributed by atoms with Gasteiger partial charge < -0.3 is 10.2 Å². The molecule has 1 aromatic carbocycles. The molecule has 0 spiro atoms. The van der Waals surface area contributed by atoms with Crippen molar-refractivity contribution in [1.29, 1.82) is 0 Å². The highest BCUT2D eigenvalue weighted by Gasteiger charge is 2.49. The Morgan fingerprint density at radius 2 is 1.97 bits per heavy atom. The average molecular weight is 459 g/mol. The molecule has 2 aliphatic carbocycles. The van der Waals surface area contributed by atoms with Crippen molar-refractivity contribution < 1.29 is 4.79 Å². The van der Waals surface area contributed by atoms with E-state index in [1.54, 1.807) is 28.4 Å². The molecule has 2 saturated carbocycles. The molecule has 3 fully saturated rings. The Morgan fingerprint density at radius 3 is 2.71 bits per heavy atom. The highest BCUT2D eigenvalue weighted by Crippen LogP contribution is 2.46. The molecule has 3 aliphatic rings. The topological polar surface area (TPSA) is 92.1 Å². The minimum atomic E-state index is -0.374. The van der Waals surface area contributed by atoms with E-state index in [1.807, 2.05) is 11.7 Å². The number of benzene rings is 1. The summed E-state index contributed by atoms with van der Waals surface area (Å²) in [6, 6.07) is 10.4. The molecule has 3 aromatic rings. The molecule has 1 saturated heterocycles. The smallest absolute Gasteiger partial charge is 0.325 e. The maximum atomic E-state index is 12.8. The molecule has 9 heteroatoms. The van der Waals surface area contributed by atoms with Crippen LogP contribution in [0.25, 0.3) is 5.69 Å². The van der Waals surface area contributed by atoms with Gasteiger partial charge in [-0.3, -0.25) is 4.90 Å². The highest BCUT2D eigenvalue weighted by molar-refractivity contribution is 5.94. The first kappa shape index (κ1) is 21.1. The Bertz CT molecular complexity index is 1230. The van der Waals surface area contributed by atoms with Gasteiger partial charge in [0.1, 0.15) is 17.7 Å². The summed E-state index contributed by atoms with van der Waals surface area (Å²) < 4.78 is 1.85. The minimum Gasteiger partial charge on any atom is -0.341 e. The van der Waals surface area contributed by atoms with Crippen molar-refractivity contribution in [2.24, 2.45) is 5.92 Å². The molecule has 9 nitrogen and oxygen atoms in total. The second-order valence-electron chi connectivity index (χ2n) is 10.2. The molecule has 1 atom stereocenters. The van der Waals surface area contributed by atoms with E-state index in [9.17, 15) is 4.79 Å². The number of aromatic nitrogens is 5. The third-order valence-corrected chi connectivity index (χ3v) is 7.19. The quantitative estimate of drug-likeness (QED) is 0.577. The van der Waals surface area contributed by atoms with Crippen LogP contribution in [0.15, 0.2) is 42.9 Å². The van der Waals surface area contributed by atoms with Gasteiger partial charge in [-0.1, -0.05) is 26.0 Å². The zero-order valence-electron chi connectivity index (χ0n) is 19.8. The van der Waals surface area contributed by atoms with Gasteiger partial charge in [0.25, 0.3) is 0 Å². The standard InChI is InChI=1S/C25H30N8O/c1-16(2)20-14-31(3)24(34)33(20)21-9-12-26-23(28-21)29-25(10-11-25)22-27-15-32(30-22)19-6-4-5-18(13-19)17-7-8-17/h4-6,9,12-13,15-17,20H,7-8,10-11,14H2,1-3H3,(H,26,28,29)/t20-/m1/s1. The summed E-state index contributed by atoms with van der Waals surface area (Å²) in [5.74, 6) is 2.88. The summed E-state index contributed by atoms with van der Waals surface area (Å²) in [6.07, 6.45) is 7.86. The highest BCUT2D eigenvalue weighted by atomic mass is 16.2. The molecule has 2 aromatic heterocycles. The predicted molar refractivity (Wildman–Crippen MR) is 129 cm³/mol. The molecule has 1 N–H and O–H groups in total. The number of nitrogens with zero attached hydrogens (tertiary/aromatic N) is 7. The van der Waals surface area contributed by atoms with Crippen LogP contribution >= 0.6 is 0 Å². The van der Waals surface area contributed by atoms with Crippen molar-refractivity contribution in [3.8, 4) is 5.69 Å². The van der Waals surface area contributed by atoms with Crippen LogP contribution in [0.2, 0.25) is 0 Å². The Balaban J connectivity index is 1.23. The number of rotatable bonds is 7. The fourth-order valence-corrected chi connectivity index (χ4v) is 4.77. The molecule has 1 aliphatic heterocycles. The number of hydrogen-bond donors (Lipinski definition) is 1. The summed E-state index contributed by atoms with van der Waals surface area (Å²) in [5, 5.41) is 8.28. The van der Waals surface area contributed by atoms with Crippen LogP contribution in [-0.2, 0) is 5.54 Å². The van der Waals surface area contributed by atoms with Crippen molar-refractivity contribution in [2.45, 2.75) is 57.0 Å². The van der Waals surface area contributed by atoms with E-state index in [4.69, 9.17) is 10.1 Å². The van der Waals surface area contributed by atoms with Crippen LogP contribution < -0.4 is 10.2 Å². The van der Waals surface area contributed by atoms with Crippen LogP contribution in [0.4, 0.5) is 16.6 Å². The van der Waals surface area contributed by atoms with Crippen LogP contribution in [0.3, 0.4) is 0 Å². The lowest BCUT2D eigenvalue weighted by atomic mass is 10.0. The monoisotopic (exact) mass is 458 g/mol. The number of carbonyl (C=O) groups excluding carboxylic acids is 1. The van der Waals surface area contributed by atoms with Gasteiger partial charge in [0, 0.05) is 19.8 Å². The molecule has 6 rings (SSSR count). The predicted octanol–water partition coefficient (Wildman–Crippen LogP) is 3.93. The van der Waals surface area contributed by atoms with Gasteiger partial charge in [0.05, 0.1) is 11.7 Å². The summed E-state index contributed by atoms with van der Waals surface area (Å²) in [7, 11) is 1.83. The van der Waals surface area contributed by atoms with Crippen molar-refractivity contribution in [2.75, 3.05) is 23.8 Å². The fourth-order valence-electron chi connectivity index (χ4n) is 4.77. The van der Waals surface area contributed by atoms with Gasteiger partial charge in [0.2, 0.25) is 5.95 Å². The summed E-state index contributed by atoms with van der Waals surface area (Å²) in [6.45, 7) is 4.95. The molecule has 2 amide bonds. The Morgan fingerprint density at radius 1 is 1.15 bits per heavy atom. The fraction of sp³-hybridized carbons (Fsp3) is 0.480. The van der Waals surface area contributed by atoms with Crippen LogP contribution in [0.5, 0.6) is 0 Å². The molecular weight excluding hydrogens is 428 g/mol. The Hall–Kier alpha value is -3.49. The lowest BCUT2D eigenvalue weighted by molar-refractivity contribution is 0.229. The normalized spacial score (nSPS) is 21.4. The van der Waals surface area contributed by atoms with Crippen molar-refractivity contribution in [3.05, 3.63) is 54.2 Å². The van der Waals surface area contributed by atoms with E-state index in [1.165, 1.54) is 18.4 Å². The number of nitrogens with one attached hydrogen (secondary N) is 1. The van der Waals surface area contributed by atoms with Gasteiger partial charge in [-0.05, 0) is 61.3 Å². The van der Waals surface area contributed by atoms with Gasteiger partial charge in [-0.25, -0.2) is 19.4 Å². The Kier molecular flexibility index (Phi) is 4.82. The van der Waals surface area contributed by atoms with Crippen LogP contribution in [0.1, 0.15) is 56.8 Å². The Labute approximate surface area is 199 Å². The summed E-state index contributed by atoms with van der Waals surface area (Å²) in [4.78, 5) is 30.1. The van der Waals surface area contributed by atoms with Gasteiger partial charge >= 0.3 is 6.03 Å². The van der Waals surface area contributed by atoms with E-state index >= 15 is 0 Å². The number of likely N-dealkylation sites (N-methyl/N-ethyl adjacent to an activating group) is 1.